The highest BCUT2D eigenvalue weighted by atomic mass is 16.3. The molecule has 4 atom stereocenters. The molecule has 1 aliphatic rings. The average molecular weight is 347 g/mol. The van der Waals surface area contributed by atoms with Crippen molar-refractivity contribution in [1.29, 1.82) is 0 Å². The minimum atomic E-state index is -1.13. The third-order valence-electron chi connectivity index (χ3n) is 5.04. The third-order valence-corrected chi connectivity index (χ3v) is 5.04. The molecule has 0 aromatic heterocycles. The fraction of sp³-hybridized carbons (Fsp3) is 0.682. The van der Waals surface area contributed by atoms with Crippen LogP contribution in [0.4, 0.5) is 0 Å². The summed E-state index contributed by atoms with van der Waals surface area (Å²) in [5.74, 6) is 2.26. The number of terminal acetylenes is 1. The predicted molar refractivity (Wildman–Crippen MR) is 103 cm³/mol. The molecule has 140 valence electrons. The molecule has 0 aromatic rings. The lowest BCUT2D eigenvalue weighted by molar-refractivity contribution is -0.121. The zero-order valence-electron chi connectivity index (χ0n) is 15.8. The maximum atomic E-state index is 12.2. The lowest BCUT2D eigenvalue weighted by Crippen LogP contribution is -2.25. The Bertz CT molecular complexity index is 500. The summed E-state index contributed by atoms with van der Waals surface area (Å²) in [4.78, 5) is 12.2. The summed E-state index contributed by atoms with van der Waals surface area (Å²) in [5.41, 5.74) is -1.13. The van der Waals surface area contributed by atoms with Crippen molar-refractivity contribution in [1.82, 2.24) is 0 Å². The van der Waals surface area contributed by atoms with Gasteiger partial charge in [-0.1, -0.05) is 63.3 Å². The molecule has 2 N–H and O–H groups in total. The molecule has 0 radical (unpaired) electrons. The largest absolute Gasteiger partial charge is 0.392 e. The number of hydrogen-bond donors (Lipinski definition) is 2. The van der Waals surface area contributed by atoms with Crippen LogP contribution < -0.4 is 0 Å². The van der Waals surface area contributed by atoms with Gasteiger partial charge < -0.3 is 10.2 Å². The first kappa shape index (κ1) is 21.7. The Kier molecular flexibility index (Phi) is 9.78. The maximum absolute atomic E-state index is 12.2. The Morgan fingerprint density at radius 1 is 1.24 bits per heavy atom. The molecule has 0 spiro atoms. The van der Waals surface area contributed by atoms with Gasteiger partial charge in [-0.2, -0.15) is 0 Å². The van der Waals surface area contributed by atoms with Crippen molar-refractivity contribution < 1.29 is 15.0 Å². The van der Waals surface area contributed by atoms with E-state index in [4.69, 9.17) is 6.42 Å². The Hall–Kier alpha value is -1.37. The van der Waals surface area contributed by atoms with E-state index in [1.807, 2.05) is 12.2 Å². The summed E-state index contributed by atoms with van der Waals surface area (Å²) in [6, 6.07) is 0. The molecule has 3 heteroatoms. The molecular formula is C22H34O3. The maximum Gasteiger partial charge on any atom is 0.139 e. The quantitative estimate of drug-likeness (QED) is 0.335. The molecule has 1 fully saturated rings. The average Bonchev–Trinajstić information content (AvgIpc) is 2.86. The first-order valence-electron chi connectivity index (χ1n) is 9.70. The van der Waals surface area contributed by atoms with Gasteiger partial charge in [0.1, 0.15) is 11.4 Å². The van der Waals surface area contributed by atoms with E-state index in [0.29, 0.717) is 19.3 Å². The van der Waals surface area contributed by atoms with Crippen LogP contribution >= 0.6 is 0 Å². The van der Waals surface area contributed by atoms with E-state index in [-0.39, 0.29) is 24.0 Å². The number of aliphatic hydroxyl groups is 2. The van der Waals surface area contributed by atoms with E-state index in [1.54, 1.807) is 0 Å². The summed E-state index contributed by atoms with van der Waals surface area (Å²) >= 11 is 0. The highest BCUT2D eigenvalue weighted by Gasteiger charge is 2.39. The molecule has 1 aliphatic carbocycles. The number of Topliss-reactive ketones (excluding diaryl/α,β-unsaturated/α-hetero) is 1. The van der Waals surface area contributed by atoms with Crippen LogP contribution in [0.2, 0.25) is 0 Å². The molecule has 1 saturated carbocycles. The van der Waals surface area contributed by atoms with Crippen LogP contribution in [0.1, 0.15) is 71.6 Å². The second-order valence-corrected chi connectivity index (χ2v) is 7.18. The molecule has 0 aliphatic heterocycles. The molecule has 0 aromatic carbocycles. The molecule has 0 amide bonds. The minimum absolute atomic E-state index is 0.125. The molecule has 3 nitrogen and oxygen atoms in total. The summed E-state index contributed by atoms with van der Waals surface area (Å²) in [5, 5.41) is 20.6. The van der Waals surface area contributed by atoms with Crippen molar-refractivity contribution >= 4 is 5.78 Å². The van der Waals surface area contributed by atoms with Crippen molar-refractivity contribution in [3.8, 4) is 12.3 Å². The number of carbonyl (C=O) groups excluding carboxylic acids is 1. The number of aliphatic hydroxyl groups excluding tert-OH is 1. The zero-order valence-corrected chi connectivity index (χ0v) is 15.8. The number of rotatable bonds is 11. The zero-order chi connectivity index (χ0) is 18.7. The molecule has 1 unspecified atom stereocenters. The van der Waals surface area contributed by atoms with Gasteiger partial charge in [0.2, 0.25) is 0 Å². The fourth-order valence-corrected chi connectivity index (χ4v) is 3.33. The highest BCUT2D eigenvalue weighted by Crippen LogP contribution is 2.33. The van der Waals surface area contributed by atoms with Crippen LogP contribution in [0, 0.1) is 24.2 Å². The highest BCUT2D eigenvalue weighted by molar-refractivity contribution is 5.84. The van der Waals surface area contributed by atoms with Gasteiger partial charge >= 0.3 is 0 Å². The van der Waals surface area contributed by atoms with Gasteiger partial charge in [-0.3, -0.25) is 4.79 Å². The fourth-order valence-electron chi connectivity index (χ4n) is 3.33. The number of allylic oxidation sites excluding steroid dienone is 2. The first-order chi connectivity index (χ1) is 12.0. The Morgan fingerprint density at radius 3 is 2.60 bits per heavy atom. The van der Waals surface area contributed by atoms with Crippen LogP contribution in [0.15, 0.2) is 24.3 Å². The van der Waals surface area contributed by atoms with Crippen LogP contribution in [-0.4, -0.2) is 27.7 Å². The summed E-state index contributed by atoms with van der Waals surface area (Å²) in [6.07, 6.45) is 19.8. The Morgan fingerprint density at radius 2 is 1.96 bits per heavy atom. The molecule has 1 rings (SSSR count). The van der Waals surface area contributed by atoms with Gasteiger partial charge in [-0.15, -0.1) is 6.42 Å². The molecular weight excluding hydrogens is 312 g/mol. The van der Waals surface area contributed by atoms with Crippen LogP contribution in [0.3, 0.4) is 0 Å². The summed E-state index contributed by atoms with van der Waals surface area (Å²) < 4.78 is 0. The van der Waals surface area contributed by atoms with Crippen LogP contribution in [-0.2, 0) is 4.79 Å². The standard InChI is InChI=1S/C22H34O3/c1-4-7-9-10-11-13-18-19(21(24)17-20(18)23)14-12-16-22(25,6-3)15-8-5-2/h3,10-12,14,18-19,21,24-25H,4-5,7-9,13,15-17H2,1-2H3/b11-10-,14-12+/t18-,19-,21-,22?/m1/s1. The number of carbonyl (C=O) groups is 1. The van der Waals surface area contributed by atoms with E-state index < -0.39 is 11.7 Å². The van der Waals surface area contributed by atoms with Gasteiger partial charge in [0.25, 0.3) is 0 Å². The number of hydrogen-bond acceptors (Lipinski definition) is 3. The van der Waals surface area contributed by atoms with E-state index in [0.717, 1.165) is 32.1 Å². The molecule has 25 heavy (non-hydrogen) atoms. The lowest BCUT2D eigenvalue weighted by atomic mass is 9.88. The Balaban J connectivity index is 2.64. The molecule has 0 heterocycles. The van der Waals surface area contributed by atoms with Crippen molar-refractivity contribution in [2.75, 3.05) is 0 Å². The number of unbranched alkanes of at least 4 members (excludes halogenated alkanes) is 3. The second kappa shape index (κ2) is 11.3. The van der Waals surface area contributed by atoms with Gasteiger partial charge in [-0.25, -0.2) is 0 Å². The van der Waals surface area contributed by atoms with Gasteiger partial charge in [0.15, 0.2) is 0 Å². The minimum Gasteiger partial charge on any atom is -0.392 e. The summed E-state index contributed by atoms with van der Waals surface area (Å²) in [6.45, 7) is 4.22. The topological polar surface area (TPSA) is 57.5 Å². The Labute approximate surface area is 153 Å². The first-order valence-corrected chi connectivity index (χ1v) is 9.70. The summed E-state index contributed by atoms with van der Waals surface area (Å²) in [7, 11) is 0. The second-order valence-electron chi connectivity index (χ2n) is 7.18. The van der Waals surface area contributed by atoms with Gasteiger partial charge in [0.05, 0.1) is 6.10 Å². The van der Waals surface area contributed by atoms with E-state index >= 15 is 0 Å². The van der Waals surface area contributed by atoms with Crippen molar-refractivity contribution in [2.24, 2.45) is 11.8 Å². The van der Waals surface area contributed by atoms with Crippen molar-refractivity contribution in [3.63, 3.8) is 0 Å². The number of ketones is 1. The normalized spacial score (nSPS) is 26.4. The predicted octanol–water partition coefficient (Wildman–Crippen LogP) is 4.19. The molecule has 0 bridgehead atoms. The van der Waals surface area contributed by atoms with Crippen LogP contribution in [0.25, 0.3) is 0 Å². The van der Waals surface area contributed by atoms with Gasteiger partial charge in [-0.05, 0) is 25.7 Å². The van der Waals surface area contributed by atoms with Gasteiger partial charge in [0, 0.05) is 24.7 Å². The SMILES string of the molecule is C#CC(O)(C/C=C/[C@H]1[C@H](O)CC(=O)[C@@H]1C/C=C\CCCC)CCCC. The smallest absolute Gasteiger partial charge is 0.139 e. The van der Waals surface area contributed by atoms with E-state index in [2.05, 4.69) is 31.9 Å². The van der Waals surface area contributed by atoms with E-state index in [9.17, 15) is 15.0 Å². The lowest BCUT2D eigenvalue weighted by Gasteiger charge is -2.21. The van der Waals surface area contributed by atoms with Crippen molar-refractivity contribution in [2.45, 2.75) is 83.3 Å². The van der Waals surface area contributed by atoms with Crippen LogP contribution in [0.5, 0.6) is 0 Å². The van der Waals surface area contributed by atoms with Crippen molar-refractivity contribution in [3.05, 3.63) is 24.3 Å². The molecule has 0 saturated heterocycles. The monoisotopic (exact) mass is 346 g/mol. The van der Waals surface area contributed by atoms with E-state index in [1.165, 1.54) is 0 Å². The third kappa shape index (κ3) is 7.18.